The van der Waals surface area contributed by atoms with Gasteiger partial charge in [-0.15, -0.1) is 11.3 Å². The number of nitro benzene ring substituents is 1. The summed E-state index contributed by atoms with van der Waals surface area (Å²) in [7, 11) is 0. The van der Waals surface area contributed by atoms with Crippen molar-refractivity contribution in [3.05, 3.63) is 91.7 Å². The van der Waals surface area contributed by atoms with Gasteiger partial charge >= 0.3 is 5.97 Å². The van der Waals surface area contributed by atoms with Crippen LogP contribution in [0.4, 0.5) is 11.4 Å². The molecule has 0 aliphatic carbocycles. The van der Waals surface area contributed by atoms with Crippen molar-refractivity contribution in [1.29, 1.82) is 0 Å². The summed E-state index contributed by atoms with van der Waals surface area (Å²) in [6, 6.07) is 16.4. The third-order valence-corrected chi connectivity index (χ3v) is 5.10. The number of nitrogens with zero attached hydrogens (tertiary/aromatic N) is 1. The van der Waals surface area contributed by atoms with E-state index in [-0.39, 0.29) is 11.4 Å². The highest BCUT2D eigenvalue weighted by Crippen LogP contribution is 2.28. The summed E-state index contributed by atoms with van der Waals surface area (Å²) in [6.45, 7) is 3.58. The van der Waals surface area contributed by atoms with Gasteiger partial charge < -0.3 is 10.1 Å². The fourth-order valence-electron chi connectivity index (χ4n) is 2.71. The van der Waals surface area contributed by atoms with Gasteiger partial charge in [-0.25, -0.2) is 4.79 Å². The summed E-state index contributed by atoms with van der Waals surface area (Å²) in [5, 5.41) is 13.9. The zero-order valence-electron chi connectivity index (χ0n) is 15.7. The normalized spacial score (nSPS) is 11.5. The number of thiophene rings is 1. The van der Waals surface area contributed by atoms with Gasteiger partial charge in [0.2, 0.25) is 6.10 Å². The van der Waals surface area contributed by atoms with Gasteiger partial charge in [0, 0.05) is 16.5 Å². The fourth-order valence-corrected chi connectivity index (χ4v) is 3.46. The third-order valence-electron chi connectivity index (χ3n) is 4.11. The highest BCUT2D eigenvalue weighted by Gasteiger charge is 2.28. The molecule has 0 spiro atoms. The van der Waals surface area contributed by atoms with E-state index in [1.807, 2.05) is 6.92 Å². The summed E-state index contributed by atoms with van der Waals surface area (Å²) >= 11 is 1.26. The van der Waals surface area contributed by atoms with Crippen molar-refractivity contribution in [3.8, 4) is 0 Å². The molecule has 148 valence electrons. The van der Waals surface area contributed by atoms with Crippen molar-refractivity contribution < 1.29 is 19.2 Å². The molecule has 0 radical (unpaired) electrons. The molecule has 0 bridgehead atoms. The number of carbonyl (C=O) groups is 2. The zero-order chi connectivity index (χ0) is 21.0. The van der Waals surface area contributed by atoms with Crippen LogP contribution in [0, 0.1) is 24.0 Å². The summed E-state index contributed by atoms with van der Waals surface area (Å²) in [4.78, 5) is 37.5. The molecule has 0 unspecified atom stereocenters. The number of hydrogen-bond donors (Lipinski definition) is 1. The average Bonchev–Trinajstić information content (AvgIpc) is 3.14. The third kappa shape index (κ3) is 4.85. The summed E-state index contributed by atoms with van der Waals surface area (Å²) in [5.74, 6) is -1.31. The van der Waals surface area contributed by atoms with Crippen molar-refractivity contribution in [2.24, 2.45) is 0 Å². The van der Waals surface area contributed by atoms with Crippen LogP contribution in [0.2, 0.25) is 0 Å². The van der Waals surface area contributed by atoms with Gasteiger partial charge in [-0.2, -0.15) is 0 Å². The number of aryl methyl sites for hydroxylation is 2. The van der Waals surface area contributed by atoms with E-state index < -0.39 is 22.9 Å². The van der Waals surface area contributed by atoms with Crippen molar-refractivity contribution in [1.82, 2.24) is 0 Å². The highest BCUT2D eigenvalue weighted by atomic mass is 32.1. The van der Waals surface area contributed by atoms with E-state index >= 15 is 0 Å². The lowest BCUT2D eigenvalue weighted by atomic mass is 10.1. The van der Waals surface area contributed by atoms with Crippen LogP contribution in [-0.2, 0) is 9.53 Å². The predicted molar refractivity (Wildman–Crippen MR) is 110 cm³/mol. The molecule has 7 nitrogen and oxygen atoms in total. The first-order valence-electron chi connectivity index (χ1n) is 8.73. The van der Waals surface area contributed by atoms with E-state index in [1.54, 1.807) is 55.5 Å². The standard InChI is InChI=1S/C21H18N2O5S/c1-13-8-10-16(17(12-13)23(26)27)22-20(24)19(15-6-4-3-5-7-15)28-21(25)18-11-9-14(2)29-18/h3-12,19H,1-2H3,(H,22,24)/t19-/m1/s1. The second-order valence-electron chi connectivity index (χ2n) is 6.37. The Kier molecular flexibility index (Phi) is 6.04. The Balaban J connectivity index is 1.89. The van der Waals surface area contributed by atoms with Crippen LogP contribution in [0.1, 0.15) is 31.8 Å². The maximum atomic E-state index is 12.9. The molecule has 0 saturated heterocycles. The zero-order valence-corrected chi connectivity index (χ0v) is 16.6. The predicted octanol–water partition coefficient (Wildman–Crippen LogP) is 4.81. The number of anilines is 1. The summed E-state index contributed by atoms with van der Waals surface area (Å²) in [5.41, 5.74) is 0.954. The van der Waals surface area contributed by atoms with E-state index in [2.05, 4.69) is 5.32 Å². The first-order chi connectivity index (χ1) is 13.8. The molecule has 1 atom stereocenters. The lowest BCUT2D eigenvalue weighted by Gasteiger charge is -2.18. The van der Waals surface area contributed by atoms with E-state index in [0.29, 0.717) is 16.0 Å². The Hall–Kier alpha value is -3.52. The Labute approximate surface area is 171 Å². The minimum Gasteiger partial charge on any atom is -0.443 e. The van der Waals surface area contributed by atoms with Crippen LogP contribution in [0.3, 0.4) is 0 Å². The first-order valence-corrected chi connectivity index (χ1v) is 9.55. The number of esters is 1. The van der Waals surface area contributed by atoms with Gasteiger partial charge in [0.15, 0.2) is 0 Å². The number of rotatable bonds is 6. The monoisotopic (exact) mass is 410 g/mol. The van der Waals surface area contributed by atoms with Crippen molar-refractivity contribution >= 4 is 34.6 Å². The number of ether oxygens (including phenoxy) is 1. The van der Waals surface area contributed by atoms with Crippen molar-refractivity contribution in [2.45, 2.75) is 20.0 Å². The van der Waals surface area contributed by atoms with E-state index in [4.69, 9.17) is 4.74 Å². The lowest BCUT2D eigenvalue weighted by molar-refractivity contribution is -0.384. The van der Waals surface area contributed by atoms with Crippen LogP contribution in [0.25, 0.3) is 0 Å². The van der Waals surface area contributed by atoms with E-state index in [0.717, 1.165) is 4.88 Å². The topological polar surface area (TPSA) is 98.5 Å². The molecular weight excluding hydrogens is 392 g/mol. The lowest BCUT2D eigenvalue weighted by Crippen LogP contribution is -2.26. The number of nitro groups is 1. The smallest absolute Gasteiger partial charge is 0.349 e. The molecule has 1 heterocycles. The molecule has 0 aliphatic rings. The summed E-state index contributed by atoms with van der Waals surface area (Å²) < 4.78 is 5.48. The maximum Gasteiger partial charge on any atom is 0.349 e. The van der Waals surface area contributed by atoms with Gasteiger partial charge in [0.05, 0.1) is 4.92 Å². The molecule has 0 fully saturated rings. The van der Waals surface area contributed by atoms with Crippen molar-refractivity contribution in [3.63, 3.8) is 0 Å². The maximum absolute atomic E-state index is 12.9. The summed E-state index contributed by atoms with van der Waals surface area (Å²) in [6.07, 6.45) is -1.26. The molecule has 29 heavy (non-hydrogen) atoms. The van der Waals surface area contributed by atoms with Crippen LogP contribution in [0.5, 0.6) is 0 Å². The van der Waals surface area contributed by atoms with Crippen LogP contribution >= 0.6 is 11.3 Å². The molecule has 2 aromatic carbocycles. The SMILES string of the molecule is Cc1ccc(NC(=O)[C@H](OC(=O)c2ccc(C)s2)c2ccccc2)c([N+](=O)[O-])c1. The highest BCUT2D eigenvalue weighted by molar-refractivity contribution is 7.13. The van der Waals surface area contributed by atoms with Gasteiger partial charge in [-0.1, -0.05) is 36.4 Å². The number of benzene rings is 2. The molecular formula is C21H18N2O5S. The number of hydrogen-bond acceptors (Lipinski definition) is 6. The van der Waals surface area contributed by atoms with E-state index in [1.165, 1.54) is 23.5 Å². The first kappa shape index (κ1) is 20.2. The Morgan fingerprint density at radius 2 is 1.79 bits per heavy atom. The van der Waals surface area contributed by atoms with Gasteiger partial charge in [-0.3, -0.25) is 14.9 Å². The molecule has 3 rings (SSSR count). The van der Waals surface area contributed by atoms with Crippen LogP contribution < -0.4 is 5.32 Å². The molecule has 3 aromatic rings. The Bertz CT molecular complexity index is 1060. The molecule has 1 N–H and O–H groups in total. The Morgan fingerprint density at radius 1 is 1.07 bits per heavy atom. The molecule has 8 heteroatoms. The van der Waals surface area contributed by atoms with Crippen molar-refractivity contribution in [2.75, 3.05) is 5.32 Å². The molecule has 1 aromatic heterocycles. The van der Waals surface area contributed by atoms with E-state index in [9.17, 15) is 19.7 Å². The minimum absolute atomic E-state index is 0.0366. The average molecular weight is 410 g/mol. The van der Waals surface area contributed by atoms with Gasteiger partial charge in [-0.05, 0) is 37.6 Å². The fraction of sp³-hybridized carbons (Fsp3) is 0.143. The van der Waals surface area contributed by atoms with Crippen LogP contribution in [0.15, 0.2) is 60.7 Å². The number of nitrogens with one attached hydrogen (secondary N) is 1. The molecule has 1 amide bonds. The van der Waals surface area contributed by atoms with Gasteiger partial charge in [0.1, 0.15) is 10.6 Å². The second kappa shape index (κ2) is 8.66. The second-order valence-corrected chi connectivity index (χ2v) is 7.66. The minimum atomic E-state index is -1.26. The molecule has 0 saturated carbocycles. The Morgan fingerprint density at radius 3 is 2.41 bits per heavy atom. The molecule has 0 aliphatic heterocycles. The van der Waals surface area contributed by atoms with Gasteiger partial charge in [0.25, 0.3) is 11.6 Å². The van der Waals surface area contributed by atoms with Crippen LogP contribution in [-0.4, -0.2) is 16.8 Å². The quantitative estimate of drug-likeness (QED) is 0.357. The number of carbonyl (C=O) groups excluding carboxylic acids is 2. The largest absolute Gasteiger partial charge is 0.443 e. The number of amides is 1.